The van der Waals surface area contributed by atoms with Gasteiger partial charge in [0.2, 0.25) is 0 Å². The van der Waals surface area contributed by atoms with Gasteiger partial charge in [-0.25, -0.2) is 4.79 Å². The second-order valence-electron chi connectivity index (χ2n) is 4.31. The number of alkyl halides is 1. The largest absolute Gasteiger partial charge is 0.465 e. The van der Waals surface area contributed by atoms with Crippen molar-refractivity contribution >= 4 is 23.7 Å². The van der Waals surface area contributed by atoms with Gasteiger partial charge < -0.3 is 9.47 Å². The van der Waals surface area contributed by atoms with E-state index in [-0.39, 0.29) is 19.8 Å². The molecule has 0 aliphatic rings. The maximum Gasteiger partial charge on any atom is 0.410 e. The highest BCUT2D eigenvalue weighted by Crippen LogP contribution is 2.04. The Morgan fingerprint density at radius 2 is 1.90 bits per heavy atom. The summed E-state index contributed by atoms with van der Waals surface area (Å²) in [6.07, 6.45) is 0.0403. The Balaban J connectivity index is 2.51. The molecular formula is C15H20ClNO4. The highest BCUT2D eigenvalue weighted by Gasteiger charge is 2.18. The van der Waals surface area contributed by atoms with Crippen molar-refractivity contribution in [1.82, 2.24) is 4.90 Å². The van der Waals surface area contributed by atoms with E-state index in [0.717, 1.165) is 5.56 Å². The lowest BCUT2D eigenvalue weighted by Gasteiger charge is -2.20. The summed E-state index contributed by atoms with van der Waals surface area (Å²) in [6.45, 7) is 2.39. The lowest BCUT2D eigenvalue weighted by Crippen LogP contribution is -2.37. The van der Waals surface area contributed by atoms with E-state index in [1.807, 2.05) is 30.3 Å². The van der Waals surface area contributed by atoms with Gasteiger partial charge in [0.25, 0.3) is 0 Å². The molecule has 6 heteroatoms. The molecule has 1 aromatic carbocycles. The molecular weight excluding hydrogens is 294 g/mol. The molecule has 21 heavy (non-hydrogen) atoms. The first-order valence-electron chi connectivity index (χ1n) is 6.84. The first-order valence-corrected chi connectivity index (χ1v) is 7.38. The molecule has 0 radical (unpaired) electrons. The summed E-state index contributed by atoms with van der Waals surface area (Å²) in [5, 5.41) is 0. The van der Waals surface area contributed by atoms with Crippen molar-refractivity contribution in [3.8, 4) is 0 Å². The van der Waals surface area contributed by atoms with Crippen LogP contribution in [-0.2, 0) is 20.9 Å². The SMILES string of the molecule is CCOC(=O)CN(CCCCl)C(=O)OCc1ccccc1. The number of esters is 1. The molecule has 116 valence electrons. The van der Waals surface area contributed by atoms with Gasteiger partial charge >= 0.3 is 12.1 Å². The lowest BCUT2D eigenvalue weighted by atomic mass is 10.2. The third kappa shape index (κ3) is 6.99. The zero-order chi connectivity index (χ0) is 15.5. The zero-order valence-electron chi connectivity index (χ0n) is 12.1. The number of benzene rings is 1. The molecule has 1 aromatic rings. The molecule has 5 nitrogen and oxygen atoms in total. The van der Waals surface area contributed by atoms with E-state index >= 15 is 0 Å². The van der Waals surface area contributed by atoms with Gasteiger partial charge in [-0.05, 0) is 18.9 Å². The molecule has 1 amide bonds. The van der Waals surface area contributed by atoms with Crippen molar-refractivity contribution in [2.24, 2.45) is 0 Å². The van der Waals surface area contributed by atoms with Gasteiger partial charge in [-0.2, -0.15) is 0 Å². The second kappa shape index (κ2) is 10.0. The number of halogens is 1. The Kier molecular flexibility index (Phi) is 8.28. The molecule has 1 rings (SSSR count). The van der Waals surface area contributed by atoms with Crippen molar-refractivity contribution in [2.45, 2.75) is 20.0 Å². The summed E-state index contributed by atoms with van der Waals surface area (Å²) in [4.78, 5) is 24.8. The van der Waals surface area contributed by atoms with Gasteiger partial charge in [0, 0.05) is 12.4 Å². The summed E-state index contributed by atoms with van der Waals surface area (Å²) in [6, 6.07) is 9.35. The third-order valence-electron chi connectivity index (χ3n) is 2.65. The number of nitrogens with zero attached hydrogens (tertiary/aromatic N) is 1. The highest BCUT2D eigenvalue weighted by molar-refractivity contribution is 6.17. The Morgan fingerprint density at radius 1 is 1.19 bits per heavy atom. The Morgan fingerprint density at radius 3 is 2.52 bits per heavy atom. The minimum Gasteiger partial charge on any atom is -0.465 e. The summed E-state index contributed by atoms with van der Waals surface area (Å²) in [7, 11) is 0. The predicted octanol–water partition coefficient (Wildman–Crippen LogP) is 2.82. The summed E-state index contributed by atoms with van der Waals surface area (Å²) in [5.74, 6) is -0.0468. The fourth-order valence-corrected chi connectivity index (χ4v) is 1.78. The van der Waals surface area contributed by atoms with E-state index < -0.39 is 12.1 Å². The van der Waals surface area contributed by atoms with Crippen LogP contribution in [0.5, 0.6) is 0 Å². The third-order valence-corrected chi connectivity index (χ3v) is 2.92. The minimum absolute atomic E-state index is 0.127. The molecule has 0 aliphatic carbocycles. The highest BCUT2D eigenvalue weighted by atomic mass is 35.5. The minimum atomic E-state index is -0.544. The smallest absolute Gasteiger partial charge is 0.410 e. The van der Waals surface area contributed by atoms with Crippen LogP contribution < -0.4 is 0 Å². The fraction of sp³-hybridized carbons (Fsp3) is 0.467. The number of carbonyl (C=O) groups is 2. The van der Waals surface area contributed by atoms with Crippen LogP contribution in [0.3, 0.4) is 0 Å². The Labute approximate surface area is 129 Å². The van der Waals surface area contributed by atoms with Gasteiger partial charge in [-0.15, -0.1) is 11.6 Å². The van der Waals surface area contributed by atoms with E-state index in [1.54, 1.807) is 6.92 Å². The van der Waals surface area contributed by atoms with Crippen molar-refractivity contribution in [3.05, 3.63) is 35.9 Å². The van der Waals surface area contributed by atoms with Crippen LogP contribution >= 0.6 is 11.6 Å². The molecule has 0 saturated heterocycles. The Bertz CT molecular complexity index is 439. The maximum absolute atomic E-state index is 12.0. The van der Waals surface area contributed by atoms with Crippen molar-refractivity contribution in [1.29, 1.82) is 0 Å². The van der Waals surface area contributed by atoms with Gasteiger partial charge in [0.15, 0.2) is 0 Å². The summed E-state index contributed by atoms with van der Waals surface area (Å²) < 4.78 is 10.0. The molecule has 0 N–H and O–H groups in total. The second-order valence-corrected chi connectivity index (χ2v) is 4.69. The normalized spacial score (nSPS) is 10.0. The van der Waals surface area contributed by atoms with Crippen LogP contribution in [0.15, 0.2) is 30.3 Å². The van der Waals surface area contributed by atoms with Crippen LogP contribution in [0, 0.1) is 0 Å². The Hall–Kier alpha value is -1.75. The van der Waals surface area contributed by atoms with E-state index in [2.05, 4.69) is 0 Å². The van der Waals surface area contributed by atoms with Crippen LogP contribution in [0.4, 0.5) is 4.79 Å². The first kappa shape index (κ1) is 17.3. The maximum atomic E-state index is 12.0. The van der Waals surface area contributed by atoms with Gasteiger partial charge in [-0.3, -0.25) is 9.69 Å². The molecule has 0 unspecified atom stereocenters. The van der Waals surface area contributed by atoms with Crippen LogP contribution in [0.1, 0.15) is 18.9 Å². The molecule has 0 aromatic heterocycles. The molecule has 0 atom stereocenters. The van der Waals surface area contributed by atoms with Crippen LogP contribution in [-0.4, -0.2) is 42.5 Å². The fourth-order valence-electron chi connectivity index (χ4n) is 1.66. The zero-order valence-corrected chi connectivity index (χ0v) is 12.8. The quantitative estimate of drug-likeness (QED) is 0.547. The predicted molar refractivity (Wildman–Crippen MR) is 80.2 cm³/mol. The molecule has 0 spiro atoms. The van der Waals surface area contributed by atoms with Gasteiger partial charge in [0.1, 0.15) is 13.2 Å². The number of hydrogen-bond donors (Lipinski definition) is 0. The monoisotopic (exact) mass is 313 g/mol. The topological polar surface area (TPSA) is 55.8 Å². The lowest BCUT2D eigenvalue weighted by molar-refractivity contribution is -0.144. The van der Waals surface area contributed by atoms with E-state index in [0.29, 0.717) is 18.8 Å². The van der Waals surface area contributed by atoms with Crippen molar-refractivity contribution in [2.75, 3.05) is 25.6 Å². The summed E-state index contributed by atoms with van der Waals surface area (Å²) in [5.41, 5.74) is 0.888. The number of ether oxygens (including phenoxy) is 2. The average molecular weight is 314 g/mol. The molecule has 0 heterocycles. The first-order chi connectivity index (χ1) is 10.2. The summed E-state index contributed by atoms with van der Waals surface area (Å²) >= 11 is 5.63. The average Bonchev–Trinajstić information content (AvgIpc) is 2.50. The number of hydrogen-bond acceptors (Lipinski definition) is 4. The van der Waals surface area contributed by atoms with E-state index in [1.165, 1.54) is 4.90 Å². The standard InChI is InChI=1S/C15H20ClNO4/c1-2-20-14(18)11-17(10-6-9-16)15(19)21-12-13-7-4-3-5-8-13/h3-5,7-8H,2,6,9-12H2,1H3. The number of rotatable bonds is 8. The van der Waals surface area contributed by atoms with Gasteiger partial charge in [-0.1, -0.05) is 30.3 Å². The number of amides is 1. The van der Waals surface area contributed by atoms with Crippen LogP contribution in [0.25, 0.3) is 0 Å². The van der Waals surface area contributed by atoms with Crippen LogP contribution in [0.2, 0.25) is 0 Å². The van der Waals surface area contributed by atoms with Crippen molar-refractivity contribution < 1.29 is 19.1 Å². The number of carbonyl (C=O) groups excluding carboxylic acids is 2. The van der Waals surface area contributed by atoms with E-state index in [4.69, 9.17) is 21.1 Å². The van der Waals surface area contributed by atoms with Gasteiger partial charge in [0.05, 0.1) is 6.61 Å². The molecule has 0 fully saturated rings. The molecule has 0 aliphatic heterocycles. The molecule has 0 bridgehead atoms. The van der Waals surface area contributed by atoms with Crippen molar-refractivity contribution in [3.63, 3.8) is 0 Å². The van der Waals surface area contributed by atoms with E-state index in [9.17, 15) is 9.59 Å². The molecule has 0 saturated carbocycles.